The summed E-state index contributed by atoms with van der Waals surface area (Å²) in [5.41, 5.74) is -0.605. The second-order valence-corrected chi connectivity index (χ2v) is 5.08. The number of anilines is 1. The molecule has 0 aliphatic carbocycles. The fourth-order valence-corrected chi connectivity index (χ4v) is 2.33. The lowest BCUT2D eigenvalue weighted by molar-refractivity contribution is -0.384. The van der Waals surface area contributed by atoms with E-state index >= 15 is 0 Å². The van der Waals surface area contributed by atoms with Gasteiger partial charge in [0.15, 0.2) is 0 Å². The number of carbonyl (C=O) groups excluding carboxylic acids is 1. The molecule has 8 nitrogen and oxygen atoms in total. The fraction of sp³-hybridized carbons (Fsp3) is 0.0588. The molecule has 0 spiro atoms. The summed E-state index contributed by atoms with van der Waals surface area (Å²) in [4.78, 5) is 34.7. The van der Waals surface area contributed by atoms with Crippen LogP contribution in [0.5, 0.6) is 5.75 Å². The highest BCUT2D eigenvalue weighted by Crippen LogP contribution is 2.23. The summed E-state index contributed by atoms with van der Waals surface area (Å²) in [5.74, 6) is -0.213. The number of carbonyl (C=O) groups is 1. The Balaban J connectivity index is 2.00. The zero-order valence-electron chi connectivity index (χ0n) is 13.0. The Kier molecular flexibility index (Phi) is 4.17. The minimum absolute atomic E-state index is 0.121. The Bertz CT molecular complexity index is 1040. The van der Waals surface area contributed by atoms with E-state index in [0.717, 1.165) is 0 Å². The highest BCUT2D eigenvalue weighted by molar-refractivity contribution is 6.06. The number of ether oxygens (including phenoxy) is 1. The van der Waals surface area contributed by atoms with Gasteiger partial charge in [-0.15, -0.1) is 0 Å². The Morgan fingerprint density at radius 1 is 1.20 bits per heavy atom. The zero-order chi connectivity index (χ0) is 18.0. The van der Waals surface area contributed by atoms with E-state index in [1.807, 2.05) is 0 Å². The standard InChI is InChI=1S/C17H12N2O6/c1-24-15-5-3-2-4-12(15)16(20)18-13-9-10-8-11(19(22)23)6-7-14(10)25-17(13)21/h2-9H,1H3,(H,18,20). The van der Waals surface area contributed by atoms with E-state index in [0.29, 0.717) is 11.1 Å². The third kappa shape index (κ3) is 3.18. The number of nitro groups is 1. The van der Waals surface area contributed by atoms with Gasteiger partial charge in [-0.3, -0.25) is 14.9 Å². The average Bonchev–Trinajstić information content (AvgIpc) is 2.61. The molecule has 1 heterocycles. The van der Waals surface area contributed by atoms with Crippen LogP contribution < -0.4 is 15.7 Å². The van der Waals surface area contributed by atoms with Crippen molar-refractivity contribution in [1.82, 2.24) is 0 Å². The number of rotatable bonds is 4. The highest BCUT2D eigenvalue weighted by atomic mass is 16.6. The first-order valence-electron chi connectivity index (χ1n) is 7.16. The minimum atomic E-state index is -0.760. The number of benzene rings is 2. The molecule has 2 aromatic carbocycles. The largest absolute Gasteiger partial charge is 0.496 e. The van der Waals surface area contributed by atoms with Crippen molar-refractivity contribution in [3.8, 4) is 5.75 Å². The number of methoxy groups -OCH3 is 1. The van der Waals surface area contributed by atoms with E-state index in [4.69, 9.17) is 9.15 Å². The van der Waals surface area contributed by atoms with Gasteiger partial charge < -0.3 is 14.5 Å². The third-order valence-corrected chi connectivity index (χ3v) is 3.53. The molecule has 0 aliphatic heterocycles. The molecule has 0 radical (unpaired) electrons. The van der Waals surface area contributed by atoms with Gasteiger partial charge in [0.25, 0.3) is 11.6 Å². The Labute approximate surface area is 140 Å². The summed E-state index contributed by atoms with van der Waals surface area (Å²) in [5, 5.41) is 13.6. The van der Waals surface area contributed by atoms with Crippen molar-refractivity contribution in [2.75, 3.05) is 12.4 Å². The SMILES string of the molecule is COc1ccccc1C(=O)Nc1cc2cc([N+](=O)[O-])ccc2oc1=O. The number of fused-ring (bicyclic) bond motifs is 1. The van der Waals surface area contributed by atoms with Crippen molar-refractivity contribution in [2.24, 2.45) is 0 Å². The van der Waals surface area contributed by atoms with Crippen LogP contribution in [0.2, 0.25) is 0 Å². The van der Waals surface area contributed by atoms with Crippen molar-refractivity contribution in [3.05, 3.63) is 74.6 Å². The van der Waals surface area contributed by atoms with Gasteiger partial charge in [0.2, 0.25) is 0 Å². The van der Waals surface area contributed by atoms with Gasteiger partial charge in [0.05, 0.1) is 17.6 Å². The number of hydrogen-bond acceptors (Lipinski definition) is 6. The Morgan fingerprint density at radius 3 is 2.68 bits per heavy atom. The summed E-state index contributed by atoms with van der Waals surface area (Å²) < 4.78 is 10.2. The molecule has 1 N–H and O–H groups in total. The third-order valence-electron chi connectivity index (χ3n) is 3.53. The molecular formula is C17H12N2O6. The molecule has 0 saturated heterocycles. The van der Waals surface area contributed by atoms with Gasteiger partial charge in [-0.2, -0.15) is 0 Å². The van der Waals surface area contributed by atoms with Crippen molar-refractivity contribution < 1.29 is 18.9 Å². The van der Waals surface area contributed by atoms with Crippen LogP contribution in [0.15, 0.2) is 57.7 Å². The van der Waals surface area contributed by atoms with Gasteiger partial charge in [0, 0.05) is 17.5 Å². The van der Waals surface area contributed by atoms with Crippen LogP contribution in [0.1, 0.15) is 10.4 Å². The lowest BCUT2D eigenvalue weighted by atomic mass is 10.1. The lowest BCUT2D eigenvalue weighted by Crippen LogP contribution is -2.18. The lowest BCUT2D eigenvalue weighted by Gasteiger charge is -2.08. The Hall–Kier alpha value is -3.68. The quantitative estimate of drug-likeness (QED) is 0.444. The second kappa shape index (κ2) is 6.44. The van der Waals surface area contributed by atoms with Crippen LogP contribution in [-0.4, -0.2) is 17.9 Å². The first-order valence-corrected chi connectivity index (χ1v) is 7.16. The van der Waals surface area contributed by atoms with E-state index < -0.39 is 16.5 Å². The van der Waals surface area contributed by atoms with Crippen molar-refractivity contribution >= 4 is 28.3 Å². The van der Waals surface area contributed by atoms with E-state index in [2.05, 4.69) is 5.32 Å². The molecule has 0 atom stereocenters. The topological polar surface area (TPSA) is 112 Å². The summed E-state index contributed by atoms with van der Waals surface area (Å²) in [6.07, 6.45) is 0. The number of nitro benzene ring substituents is 1. The number of nitrogens with zero attached hydrogens (tertiary/aromatic N) is 1. The fourth-order valence-electron chi connectivity index (χ4n) is 2.33. The van der Waals surface area contributed by atoms with Gasteiger partial charge in [0.1, 0.15) is 17.0 Å². The maximum Gasteiger partial charge on any atom is 0.360 e. The summed E-state index contributed by atoms with van der Waals surface area (Å²) in [6, 6.07) is 11.7. The highest BCUT2D eigenvalue weighted by Gasteiger charge is 2.15. The van der Waals surface area contributed by atoms with Gasteiger partial charge in [-0.25, -0.2) is 4.79 Å². The molecule has 0 aliphatic rings. The normalized spacial score (nSPS) is 10.4. The summed E-state index contributed by atoms with van der Waals surface area (Å²) in [7, 11) is 1.43. The van der Waals surface area contributed by atoms with Gasteiger partial charge in [-0.05, 0) is 24.3 Å². The van der Waals surface area contributed by atoms with E-state index in [-0.39, 0.29) is 22.5 Å². The van der Waals surface area contributed by atoms with E-state index in [1.165, 1.54) is 31.4 Å². The first kappa shape index (κ1) is 16.2. The monoisotopic (exact) mass is 340 g/mol. The predicted molar refractivity (Wildman–Crippen MR) is 90.1 cm³/mol. The van der Waals surface area contributed by atoms with E-state index in [9.17, 15) is 19.7 Å². The molecule has 0 unspecified atom stereocenters. The molecule has 3 aromatic rings. The summed E-state index contributed by atoms with van der Waals surface area (Å²) in [6.45, 7) is 0. The Morgan fingerprint density at radius 2 is 1.96 bits per heavy atom. The van der Waals surface area contributed by atoms with Crippen LogP contribution in [0, 0.1) is 10.1 Å². The molecule has 8 heteroatoms. The summed E-state index contributed by atoms with van der Waals surface area (Å²) >= 11 is 0. The van der Waals surface area contributed by atoms with Gasteiger partial charge >= 0.3 is 5.63 Å². The van der Waals surface area contributed by atoms with Crippen molar-refractivity contribution in [3.63, 3.8) is 0 Å². The number of nitrogens with one attached hydrogen (secondary N) is 1. The first-order chi connectivity index (χ1) is 12.0. The maximum atomic E-state index is 12.4. The number of para-hydroxylation sites is 1. The second-order valence-electron chi connectivity index (χ2n) is 5.08. The zero-order valence-corrected chi connectivity index (χ0v) is 13.0. The molecule has 126 valence electrons. The van der Waals surface area contributed by atoms with Crippen LogP contribution in [0.25, 0.3) is 11.0 Å². The minimum Gasteiger partial charge on any atom is -0.496 e. The molecule has 3 rings (SSSR count). The molecule has 0 fully saturated rings. The smallest absolute Gasteiger partial charge is 0.360 e. The van der Waals surface area contributed by atoms with Gasteiger partial charge in [-0.1, -0.05) is 12.1 Å². The van der Waals surface area contributed by atoms with Crippen LogP contribution in [0.4, 0.5) is 11.4 Å². The molecule has 1 aromatic heterocycles. The number of amides is 1. The molecule has 0 bridgehead atoms. The molecule has 25 heavy (non-hydrogen) atoms. The molecule has 0 saturated carbocycles. The number of non-ortho nitro benzene ring substituents is 1. The maximum absolute atomic E-state index is 12.4. The average molecular weight is 340 g/mol. The predicted octanol–water partition coefficient (Wildman–Crippen LogP) is 2.96. The number of hydrogen-bond donors (Lipinski definition) is 1. The van der Waals surface area contributed by atoms with E-state index in [1.54, 1.807) is 24.3 Å². The van der Waals surface area contributed by atoms with Crippen LogP contribution >= 0.6 is 0 Å². The van der Waals surface area contributed by atoms with Crippen LogP contribution in [-0.2, 0) is 0 Å². The van der Waals surface area contributed by atoms with Crippen molar-refractivity contribution in [2.45, 2.75) is 0 Å². The molecular weight excluding hydrogens is 328 g/mol. The molecule has 1 amide bonds. The van der Waals surface area contributed by atoms with Crippen LogP contribution in [0.3, 0.4) is 0 Å². The van der Waals surface area contributed by atoms with Crippen molar-refractivity contribution in [1.29, 1.82) is 0 Å².